The van der Waals surface area contributed by atoms with Gasteiger partial charge in [0, 0.05) is 5.56 Å². The summed E-state index contributed by atoms with van der Waals surface area (Å²) in [6.45, 7) is 4.17. The average Bonchev–Trinajstić information content (AvgIpc) is 3.26. The first-order chi connectivity index (χ1) is 12.7. The zero-order valence-corrected chi connectivity index (χ0v) is 14.5. The highest BCUT2D eigenvalue weighted by atomic mass is 15.3. The van der Waals surface area contributed by atoms with Crippen LogP contribution in [0, 0.1) is 13.8 Å². The first-order valence-electron chi connectivity index (χ1n) is 8.43. The maximum atomic E-state index is 4.71. The van der Waals surface area contributed by atoms with Crippen molar-refractivity contribution in [3.05, 3.63) is 72.2 Å². The second kappa shape index (κ2) is 5.49. The molecular weight excluding hydrogens is 324 g/mol. The number of aromatic nitrogens is 6. The number of hydrogen-bond donors (Lipinski definition) is 0. The average molecular weight is 340 g/mol. The molecule has 126 valence electrons. The Balaban J connectivity index is 1.72. The molecule has 0 saturated heterocycles. The molecule has 0 amide bonds. The van der Waals surface area contributed by atoms with Crippen molar-refractivity contribution in [1.29, 1.82) is 0 Å². The molecule has 6 heteroatoms. The molecule has 0 fully saturated rings. The molecule has 0 radical (unpaired) electrons. The highest BCUT2D eigenvalue weighted by molar-refractivity contribution is 5.90. The second-order valence-corrected chi connectivity index (χ2v) is 6.40. The van der Waals surface area contributed by atoms with E-state index in [0.717, 1.165) is 33.5 Å². The van der Waals surface area contributed by atoms with Crippen molar-refractivity contribution in [2.75, 3.05) is 0 Å². The van der Waals surface area contributed by atoms with E-state index >= 15 is 0 Å². The molecule has 0 aliphatic heterocycles. The van der Waals surface area contributed by atoms with Crippen LogP contribution in [-0.2, 0) is 0 Å². The number of benzene rings is 2. The Morgan fingerprint density at radius 2 is 1.77 bits per heavy atom. The molecule has 2 aromatic carbocycles. The Hall–Kier alpha value is -3.54. The maximum Gasteiger partial charge on any atom is 0.182 e. The van der Waals surface area contributed by atoms with Crippen LogP contribution in [0.3, 0.4) is 0 Å². The monoisotopic (exact) mass is 340 g/mol. The molecule has 0 unspecified atom stereocenters. The van der Waals surface area contributed by atoms with Crippen LogP contribution in [0.4, 0.5) is 0 Å². The minimum atomic E-state index is 0.680. The summed E-state index contributed by atoms with van der Waals surface area (Å²) in [7, 11) is 0. The summed E-state index contributed by atoms with van der Waals surface area (Å²) < 4.78 is 3.57. The fourth-order valence-electron chi connectivity index (χ4n) is 3.25. The van der Waals surface area contributed by atoms with Crippen molar-refractivity contribution in [2.24, 2.45) is 0 Å². The first-order valence-corrected chi connectivity index (χ1v) is 8.43. The summed E-state index contributed by atoms with van der Waals surface area (Å²) >= 11 is 0. The molecule has 5 aromatic rings. The van der Waals surface area contributed by atoms with E-state index in [0.29, 0.717) is 5.82 Å². The largest absolute Gasteiger partial charge is 0.216 e. The fourth-order valence-corrected chi connectivity index (χ4v) is 3.25. The lowest BCUT2D eigenvalue weighted by Crippen LogP contribution is -2.01. The summed E-state index contributed by atoms with van der Waals surface area (Å²) in [6, 6.07) is 16.2. The summed E-state index contributed by atoms with van der Waals surface area (Å²) in [4.78, 5) is 9.29. The number of fused-ring (bicyclic) bond motifs is 3. The van der Waals surface area contributed by atoms with E-state index in [1.165, 1.54) is 5.56 Å². The van der Waals surface area contributed by atoms with Gasteiger partial charge < -0.3 is 0 Å². The topological polar surface area (TPSA) is 60.9 Å². The third kappa shape index (κ3) is 2.19. The van der Waals surface area contributed by atoms with Gasteiger partial charge in [0.25, 0.3) is 0 Å². The van der Waals surface area contributed by atoms with Crippen LogP contribution in [0.2, 0.25) is 0 Å². The van der Waals surface area contributed by atoms with Crippen molar-refractivity contribution >= 4 is 16.7 Å². The molecule has 5 rings (SSSR count). The van der Waals surface area contributed by atoms with E-state index in [1.807, 2.05) is 35.0 Å². The Morgan fingerprint density at radius 3 is 2.58 bits per heavy atom. The van der Waals surface area contributed by atoms with Crippen molar-refractivity contribution in [2.45, 2.75) is 13.8 Å². The zero-order chi connectivity index (χ0) is 17.7. The van der Waals surface area contributed by atoms with Crippen molar-refractivity contribution in [3.63, 3.8) is 0 Å². The molecular formula is C20H16N6. The lowest BCUT2D eigenvalue weighted by Gasteiger charge is -2.07. The zero-order valence-electron chi connectivity index (χ0n) is 14.5. The quantitative estimate of drug-likeness (QED) is 0.491. The van der Waals surface area contributed by atoms with Gasteiger partial charge in [0.15, 0.2) is 17.1 Å². The molecule has 3 aromatic heterocycles. The van der Waals surface area contributed by atoms with E-state index in [1.54, 1.807) is 17.0 Å². The van der Waals surface area contributed by atoms with Gasteiger partial charge >= 0.3 is 0 Å². The molecule has 0 bridgehead atoms. The molecule has 0 N–H and O–H groups in total. The normalized spacial score (nSPS) is 11.5. The van der Waals surface area contributed by atoms with Gasteiger partial charge in [0.1, 0.15) is 6.33 Å². The Kier molecular flexibility index (Phi) is 3.12. The van der Waals surface area contributed by atoms with Crippen molar-refractivity contribution in [3.8, 4) is 17.1 Å². The van der Waals surface area contributed by atoms with E-state index < -0.39 is 0 Å². The van der Waals surface area contributed by atoms with Gasteiger partial charge in [-0.15, -0.1) is 5.10 Å². The van der Waals surface area contributed by atoms with Gasteiger partial charge in [-0.1, -0.05) is 48.0 Å². The smallest absolute Gasteiger partial charge is 0.182 e. The number of rotatable bonds is 2. The minimum Gasteiger partial charge on any atom is -0.216 e. The third-order valence-electron chi connectivity index (χ3n) is 4.52. The van der Waals surface area contributed by atoms with Crippen LogP contribution in [0.5, 0.6) is 0 Å². The van der Waals surface area contributed by atoms with Crippen molar-refractivity contribution < 1.29 is 0 Å². The molecule has 0 atom stereocenters. The summed E-state index contributed by atoms with van der Waals surface area (Å²) in [6.07, 6.45) is 3.50. The third-order valence-corrected chi connectivity index (χ3v) is 4.52. The minimum absolute atomic E-state index is 0.680. The summed E-state index contributed by atoms with van der Waals surface area (Å²) in [5.74, 6) is 0.680. The highest BCUT2D eigenvalue weighted by Crippen LogP contribution is 2.24. The summed E-state index contributed by atoms with van der Waals surface area (Å²) in [5, 5.41) is 9.99. The molecule has 0 spiro atoms. The molecule has 26 heavy (non-hydrogen) atoms. The molecule has 0 aliphatic carbocycles. The molecule has 6 nitrogen and oxygen atoms in total. The number of nitrogens with zero attached hydrogens (tertiary/aromatic N) is 6. The Labute approximate surface area is 149 Å². The van der Waals surface area contributed by atoms with Crippen LogP contribution < -0.4 is 0 Å². The first kappa shape index (κ1) is 14.8. The maximum absolute atomic E-state index is 4.71. The number of aryl methyl sites for hydroxylation is 2. The van der Waals surface area contributed by atoms with Gasteiger partial charge in [-0.2, -0.15) is 5.10 Å². The molecule has 0 saturated carbocycles. The van der Waals surface area contributed by atoms with Gasteiger partial charge in [0.05, 0.1) is 17.3 Å². The fraction of sp³-hybridized carbons (Fsp3) is 0.100. The Bertz CT molecular complexity index is 1250. The Morgan fingerprint density at radius 1 is 0.923 bits per heavy atom. The lowest BCUT2D eigenvalue weighted by atomic mass is 10.1. The van der Waals surface area contributed by atoms with Crippen LogP contribution in [-0.4, -0.2) is 29.4 Å². The van der Waals surface area contributed by atoms with Crippen molar-refractivity contribution in [1.82, 2.24) is 29.4 Å². The van der Waals surface area contributed by atoms with E-state index in [2.05, 4.69) is 47.2 Å². The van der Waals surface area contributed by atoms with Crippen LogP contribution >= 0.6 is 0 Å². The van der Waals surface area contributed by atoms with Crippen LogP contribution in [0.25, 0.3) is 33.8 Å². The molecule has 0 aliphatic rings. The standard InChI is InChI=1S/C20H16N6/c1-13-8-9-17(14(2)10-13)26-19-16(11-22-26)20-23-18(24-25(20)12-21-19)15-6-4-3-5-7-15/h3-12H,1-2H3. The molecule has 3 heterocycles. The summed E-state index contributed by atoms with van der Waals surface area (Å²) in [5.41, 5.74) is 5.91. The van der Waals surface area contributed by atoms with Crippen LogP contribution in [0.15, 0.2) is 61.1 Å². The number of hydrogen-bond acceptors (Lipinski definition) is 4. The second-order valence-electron chi connectivity index (χ2n) is 6.40. The predicted molar refractivity (Wildman–Crippen MR) is 100 cm³/mol. The van der Waals surface area contributed by atoms with E-state index in [4.69, 9.17) is 4.98 Å². The SMILES string of the molecule is Cc1ccc(-n2ncc3c2ncn2nc(-c4ccccc4)nc32)c(C)c1. The predicted octanol–water partition coefficient (Wildman–Crippen LogP) is 3.75. The van der Waals surface area contributed by atoms with Gasteiger partial charge in [-0.3, -0.25) is 0 Å². The lowest BCUT2D eigenvalue weighted by molar-refractivity contribution is 0.876. The van der Waals surface area contributed by atoms with E-state index in [9.17, 15) is 0 Å². The van der Waals surface area contributed by atoms with E-state index in [-0.39, 0.29) is 0 Å². The van der Waals surface area contributed by atoms with Gasteiger partial charge in [-0.05, 0) is 25.5 Å². The van der Waals surface area contributed by atoms with Crippen LogP contribution in [0.1, 0.15) is 11.1 Å². The highest BCUT2D eigenvalue weighted by Gasteiger charge is 2.15. The van der Waals surface area contributed by atoms with Gasteiger partial charge in [-0.25, -0.2) is 19.2 Å². The van der Waals surface area contributed by atoms with Gasteiger partial charge in [0.2, 0.25) is 0 Å².